The average Bonchev–Trinajstić information content (AvgIpc) is 2.24. The third-order valence-corrected chi connectivity index (χ3v) is 8.05. The molecule has 0 saturated heterocycles. The van der Waals surface area contributed by atoms with Crippen molar-refractivity contribution in [1.29, 1.82) is 0 Å². The molecule has 0 spiro atoms. The van der Waals surface area contributed by atoms with Gasteiger partial charge in [-0.1, -0.05) is 41.5 Å². The van der Waals surface area contributed by atoms with Crippen LogP contribution in [0.3, 0.4) is 0 Å². The molecule has 0 aromatic heterocycles. The molecule has 3 heteroatoms. The monoisotopic (exact) mass is 299 g/mol. The summed E-state index contributed by atoms with van der Waals surface area (Å²) in [5.74, 6) is 0. The maximum Gasteiger partial charge on any atom is 0 e. The quantitative estimate of drug-likeness (QED) is 0.475. The van der Waals surface area contributed by atoms with E-state index in [0.29, 0.717) is 15.8 Å². The normalized spacial score (nSPS) is 9.60. The second-order valence-corrected chi connectivity index (χ2v) is 9.72. The maximum absolute atomic E-state index is 2.29. The van der Waals surface area contributed by atoms with Gasteiger partial charge in [0.25, 0.3) is 0 Å². The van der Waals surface area contributed by atoms with Crippen LogP contribution in [0.15, 0.2) is 0 Å². The van der Waals surface area contributed by atoms with Crippen molar-refractivity contribution in [1.82, 2.24) is 0 Å². The first kappa shape index (κ1) is 21.6. The van der Waals surface area contributed by atoms with Crippen LogP contribution in [0, 0.1) is 0 Å². The van der Waals surface area contributed by atoms with Crippen molar-refractivity contribution in [2.24, 2.45) is 0 Å². The Morgan fingerprint density at radius 3 is 0.600 bits per heavy atom. The van der Waals surface area contributed by atoms with Crippen molar-refractivity contribution in [2.45, 2.75) is 41.5 Å². The summed E-state index contributed by atoms with van der Waals surface area (Å²) < 4.78 is 0. The molecule has 0 bridgehead atoms. The van der Waals surface area contributed by atoms with Crippen molar-refractivity contribution in [3.05, 3.63) is 0 Å². The van der Waals surface area contributed by atoms with Gasteiger partial charge in [-0.15, -0.1) is 15.8 Å². The Hall–Kier alpha value is 1.38. The first-order valence-electron chi connectivity index (χ1n) is 6.14. The van der Waals surface area contributed by atoms with Gasteiger partial charge < -0.3 is 0 Å². The fraction of sp³-hybridized carbons (Fsp3) is 1.00. The Bertz CT molecular complexity index is 68.6. The molecule has 0 aromatic rings. The van der Waals surface area contributed by atoms with Gasteiger partial charge in [0.2, 0.25) is 0 Å². The van der Waals surface area contributed by atoms with E-state index in [4.69, 9.17) is 0 Å². The molecule has 0 fully saturated rings. The largest absolute Gasteiger partial charge is 0.108 e. The van der Waals surface area contributed by atoms with E-state index in [1.807, 2.05) is 0 Å². The van der Waals surface area contributed by atoms with Gasteiger partial charge in [0.15, 0.2) is 0 Å². The van der Waals surface area contributed by atoms with E-state index in [2.05, 4.69) is 41.5 Å². The Balaban J connectivity index is -0.000000180. The van der Waals surface area contributed by atoms with Crippen molar-refractivity contribution in [3.63, 3.8) is 0 Å². The van der Waals surface area contributed by atoms with Gasteiger partial charge >= 0.3 is 0 Å². The topological polar surface area (TPSA) is 0 Å². The van der Waals surface area contributed by atoms with Crippen LogP contribution in [0.1, 0.15) is 41.5 Å². The molecule has 0 unspecified atom stereocenters. The van der Waals surface area contributed by atoms with Crippen LogP contribution in [-0.4, -0.2) is 37.0 Å². The van der Waals surface area contributed by atoms with Gasteiger partial charge in [-0.25, -0.2) is 0 Å². The van der Waals surface area contributed by atoms with Crippen LogP contribution in [0.4, 0.5) is 0 Å². The van der Waals surface area contributed by atoms with E-state index in [9.17, 15) is 0 Å². The van der Waals surface area contributed by atoms with Crippen LogP contribution in [-0.2, 0) is 17.1 Å². The maximum atomic E-state index is 2.29. The number of hydrogen-bond donors (Lipinski definition) is 0. The average molecular weight is 300 g/mol. The Labute approximate surface area is 111 Å². The third kappa shape index (κ3) is 15.4. The predicted molar refractivity (Wildman–Crippen MR) is 77.1 cm³/mol. The van der Waals surface area contributed by atoms with E-state index in [0.717, 1.165) is 0 Å². The van der Waals surface area contributed by atoms with Gasteiger partial charge in [-0.2, -0.15) is 0 Å². The molecule has 15 heavy (non-hydrogen) atoms. The Morgan fingerprint density at radius 2 is 0.600 bits per heavy atom. The molecular formula is C12H30CuP2. The molecule has 99 valence electrons. The van der Waals surface area contributed by atoms with Crippen LogP contribution in [0.5, 0.6) is 0 Å². The zero-order valence-electron chi connectivity index (χ0n) is 11.4. The van der Waals surface area contributed by atoms with E-state index in [1.165, 1.54) is 37.0 Å². The molecule has 0 nitrogen and oxygen atoms in total. The summed E-state index contributed by atoms with van der Waals surface area (Å²) in [5, 5.41) is 0. The molecule has 1 radical (unpaired) electrons. The first-order valence-corrected chi connectivity index (χ1v) is 9.93. The smallest absolute Gasteiger partial charge is 0 e. The van der Waals surface area contributed by atoms with Gasteiger partial charge in [-0.3, -0.25) is 0 Å². The molecule has 0 atom stereocenters. The summed E-state index contributed by atoms with van der Waals surface area (Å²) in [6, 6.07) is 0. The van der Waals surface area contributed by atoms with Crippen molar-refractivity contribution in [3.8, 4) is 0 Å². The van der Waals surface area contributed by atoms with Crippen molar-refractivity contribution in [2.75, 3.05) is 37.0 Å². The standard InChI is InChI=1S/2C6H15P.Cu/c2*1-4-7(5-2)6-3;/h2*4-6H2,1-3H3;. The predicted octanol–water partition coefficient (Wildman–Crippen LogP) is 5.05. The summed E-state index contributed by atoms with van der Waals surface area (Å²) in [5.41, 5.74) is 0. The molecule has 0 aliphatic heterocycles. The first-order chi connectivity index (χ1) is 6.69. The molecular weight excluding hydrogens is 270 g/mol. The molecule has 0 aliphatic carbocycles. The molecule has 0 N–H and O–H groups in total. The van der Waals surface area contributed by atoms with E-state index in [1.54, 1.807) is 0 Å². The molecule has 0 aliphatic rings. The molecule has 0 amide bonds. The van der Waals surface area contributed by atoms with E-state index in [-0.39, 0.29) is 17.1 Å². The fourth-order valence-corrected chi connectivity index (χ4v) is 4.02. The van der Waals surface area contributed by atoms with Crippen LogP contribution < -0.4 is 0 Å². The van der Waals surface area contributed by atoms with Crippen LogP contribution in [0.25, 0.3) is 0 Å². The summed E-state index contributed by atoms with van der Waals surface area (Å²) in [6.45, 7) is 13.7. The molecule has 0 rings (SSSR count). The van der Waals surface area contributed by atoms with Gasteiger partial charge in [0, 0.05) is 17.1 Å². The van der Waals surface area contributed by atoms with Crippen molar-refractivity contribution >= 4 is 15.8 Å². The summed E-state index contributed by atoms with van der Waals surface area (Å²) in [7, 11) is 0.892. The minimum atomic E-state index is 0. The Morgan fingerprint density at radius 1 is 0.467 bits per heavy atom. The van der Waals surface area contributed by atoms with Gasteiger partial charge in [0.1, 0.15) is 0 Å². The SMILES string of the molecule is CCP(CC)CC.CCP(CC)CC.[Cu]. The summed E-state index contributed by atoms with van der Waals surface area (Å²) in [6.07, 6.45) is 8.51. The second-order valence-electron chi connectivity index (χ2n) is 3.24. The van der Waals surface area contributed by atoms with E-state index >= 15 is 0 Å². The zero-order chi connectivity index (χ0) is 11.4. The third-order valence-electron chi connectivity index (χ3n) is 2.68. The molecule has 0 heterocycles. The summed E-state index contributed by atoms with van der Waals surface area (Å²) in [4.78, 5) is 0. The second kappa shape index (κ2) is 17.8. The van der Waals surface area contributed by atoms with E-state index < -0.39 is 0 Å². The van der Waals surface area contributed by atoms with Gasteiger partial charge in [0.05, 0.1) is 0 Å². The Kier molecular flexibility index (Phi) is 25.6. The summed E-state index contributed by atoms with van der Waals surface area (Å²) >= 11 is 0. The van der Waals surface area contributed by atoms with Crippen molar-refractivity contribution < 1.29 is 17.1 Å². The molecule has 0 aromatic carbocycles. The zero-order valence-corrected chi connectivity index (χ0v) is 14.2. The minimum Gasteiger partial charge on any atom is -0.108 e. The number of hydrogen-bond acceptors (Lipinski definition) is 0. The fourth-order valence-electron chi connectivity index (χ4n) is 1.34. The van der Waals surface area contributed by atoms with Crippen LogP contribution >= 0.6 is 15.8 Å². The van der Waals surface area contributed by atoms with Crippen LogP contribution in [0.2, 0.25) is 0 Å². The minimum absolute atomic E-state index is 0. The molecule has 0 saturated carbocycles. The number of rotatable bonds is 6. The van der Waals surface area contributed by atoms with Gasteiger partial charge in [-0.05, 0) is 37.0 Å².